The molecule has 4 nitrogen and oxygen atoms in total. The molecule has 0 bridgehead atoms. The zero-order valence-corrected chi connectivity index (χ0v) is 12.5. The highest BCUT2D eigenvalue weighted by Crippen LogP contribution is 2.28. The van der Waals surface area contributed by atoms with Crippen LogP contribution in [-0.2, 0) is 4.74 Å². The number of esters is 1. The standard InChI is InChI=1S/C14H13IN2O2/c1-19-14(18)11-3-2-4-12(16)13(11)17-10-7-5-9(15)6-8-10/h2-8,17H,16H2,1H3. The number of hydrogen-bond acceptors (Lipinski definition) is 4. The number of halogens is 1. The minimum Gasteiger partial charge on any atom is -0.465 e. The summed E-state index contributed by atoms with van der Waals surface area (Å²) in [5.41, 5.74) is 8.27. The third-order valence-corrected chi connectivity index (χ3v) is 3.33. The summed E-state index contributed by atoms with van der Waals surface area (Å²) in [7, 11) is 1.35. The van der Waals surface area contributed by atoms with Crippen molar-refractivity contribution in [2.75, 3.05) is 18.2 Å². The Labute approximate surface area is 125 Å². The first-order chi connectivity index (χ1) is 9.11. The first kappa shape index (κ1) is 13.7. The van der Waals surface area contributed by atoms with E-state index in [0.29, 0.717) is 16.9 Å². The molecule has 0 aliphatic rings. The average Bonchev–Trinajstić information content (AvgIpc) is 2.42. The molecule has 2 rings (SSSR count). The molecule has 0 aliphatic carbocycles. The lowest BCUT2D eigenvalue weighted by Gasteiger charge is -2.13. The Morgan fingerprint density at radius 2 is 1.89 bits per heavy atom. The second-order valence-corrected chi connectivity index (χ2v) is 5.14. The zero-order chi connectivity index (χ0) is 13.8. The van der Waals surface area contributed by atoms with Gasteiger partial charge in [0.1, 0.15) is 0 Å². The molecule has 5 heteroatoms. The summed E-state index contributed by atoms with van der Waals surface area (Å²) in [5, 5.41) is 3.15. The number of carbonyl (C=O) groups is 1. The molecule has 0 unspecified atom stereocenters. The third kappa shape index (κ3) is 3.17. The lowest BCUT2D eigenvalue weighted by molar-refractivity contribution is 0.0602. The molecule has 0 atom stereocenters. The summed E-state index contributed by atoms with van der Waals surface area (Å²) < 4.78 is 5.89. The molecule has 0 aromatic heterocycles. The number of nitrogens with two attached hydrogens (primary N) is 1. The van der Waals surface area contributed by atoms with Gasteiger partial charge in [0.2, 0.25) is 0 Å². The Morgan fingerprint density at radius 3 is 2.53 bits per heavy atom. The fourth-order valence-corrected chi connectivity index (χ4v) is 2.03. The van der Waals surface area contributed by atoms with Crippen LogP contribution in [0.4, 0.5) is 17.1 Å². The first-order valence-corrected chi connectivity index (χ1v) is 6.69. The van der Waals surface area contributed by atoms with Crippen molar-refractivity contribution in [1.82, 2.24) is 0 Å². The van der Waals surface area contributed by atoms with Gasteiger partial charge in [-0.25, -0.2) is 4.79 Å². The van der Waals surface area contributed by atoms with E-state index in [4.69, 9.17) is 10.5 Å². The average molecular weight is 368 g/mol. The van der Waals surface area contributed by atoms with Crippen LogP contribution >= 0.6 is 22.6 Å². The summed E-state index contributed by atoms with van der Waals surface area (Å²) in [6.07, 6.45) is 0. The van der Waals surface area contributed by atoms with E-state index in [0.717, 1.165) is 9.26 Å². The van der Waals surface area contributed by atoms with Crippen molar-refractivity contribution in [3.05, 3.63) is 51.6 Å². The number of ether oxygens (including phenoxy) is 1. The van der Waals surface area contributed by atoms with Gasteiger partial charge in [0, 0.05) is 9.26 Å². The second kappa shape index (κ2) is 5.92. The maximum Gasteiger partial charge on any atom is 0.340 e. The number of hydrogen-bond donors (Lipinski definition) is 2. The van der Waals surface area contributed by atoms with Crippen molar-refractivity contribution in [2.24, 2.45) is 0 Å². The zero-order valence-electron chi connectivity index (χ0n) is 10.3. The normalized spacial score (nSPS) is 10.0. The number of para-hydroxylation sites is 1. The molecular weight excluding hydrogens is 355 g/mol. The number of anilines is 3. The van der Waals surface area contributed by atoms with Crippen molar-refractivity contribution in [3.63, 3.8) is 0 Å². The summed E-state index contributed by atoms with van der Waals surface area (Å²) in [4.78, 5) is 11.7. The lowest BCUT2D eigenvalue weighted by Crippen LogP contribution is -2.07. The van der Waals surface area contributed by atoms with E-state index in [1.165, 1.54) is 7.11 Å². The highest BCUT2D eigenvalue weighted by atomic mass is 127. The molecular formula is C14H13IN2O2. The Bertz CT molecular complexity index is 597. The van der Waals surface area contributed by atoms with Crippen molar-refractivity contribution in [1.29, 1.82) is 0 Å². The Hall–Kier alpha value is -1.76. The van der Waals surface area contributed by atoms with Gasteiger partial charge in [0.25, 0.3) is 0 Å². The summed E-state index contributed by atoms with van der Waals surface area (Å²) in [5.74, 6) is -0.416. The van der Waals surface area contributed by atoms with Crippen LogP contribution in [0, 0.1) is 3.57 Å². The third-order valence-electron chi connectivity index (χ3n) is 2.62. The molecule has 0 saturated heterocycles. The summed E-state index contributed by atoms with van der Waals surface area (Å²) in [6, 6.07) is 12.9. The highest BCUT2D eigenvalue weighted by molar-refractivity contribution is 14.1. The molecule has 0 radical (unpaired) electrons. The van der Waals surface area contributed by atoms with E-state index >= 15 is 0 Å². The van der Waals surface area contributed by atoms with Crippen LogP contribution in [0.5, 0.6) is 0 Å². The van der Waals surface area contributed by atoms with E-state index in [2.05, 4.69) is 27.9 Å². The number of carbonyl (C=O) groups excluding carboxylic acids is 1. The van der Waals surface area contributed by atoms with E-state index < -0.39 is 5.97 Å². The van der Waals surface area contributed by atoms with Crippen LogP contribution in [0.15, 0.2) is 42.5 Å². The van der Waals surface area contributed by atoms with E-state index in [9.17, 15) is 4.79 Å². The molecule has 98 valence electrons. The van der Waals surface area contributed by atoms with Crippen LogP contribution in [0.25, 0.3) is 0 Å². The molecule has 0 spiro atoms. The molecule has 3 N–H and O–H groups in total. The van der Waals surface area contributed by atoms with Crippen molar-refractivity contribution in [3.8, 4) is 0 Å². The molecule has 0 saturated carbocycles. The minimum atomic E-state index is -0.416. The van der Waals surface area contributed by atoms with Crippen molar-refractivity contribution >= 4 is 45.6 Å². The van der Waals surface area contributed by atoms with Crippen LogP contribution in [-0.4, -0.2) is 13.1 Å². The van der Waals surface area contributed by atoms with E-state index in [1.54, 1.807) is 18.2 Å². The predicted molar refractivity (Wildman–Crippen MR) is 84.6 cm³/mol. The topological polar surface area (TPSA) is 64.3 Å². The Kier molecular flexibility index (Phi) is 4.26. The quantitative estimate of drug-likeness (QED) is 0.495. The molecule has 19 heavy (non-hydrogen) atoms. The van der Waals surface area contributed by atoms with Gasteiger partial charge in [-0.3, -0.25) is 0 Å². The van der Waals surface area contributed by atoms with Gasteiger partial charge in [-0.05, 0) is 59.0 Å². The van der Waals surface area contributed by atoms with Gasteiger partial charge in [-0.2, -0.15) is 0 Å². The van der Waals surface area contributed by atoms with Gasteiger partial charge < -0.3 is 15.8 Å². The van der Waals surface area contributed by atoms with Crippen molar-refractivity contribution < 1.29 is 9.53 Å². The fourth-order valence-electron chi connectivity index (χ4n) is 1.67. The summed E-state index contributed by atoms with van der Waals surface area (Å²) >= 11 is 2.23. The Morgan fingerprint density at radius 1 is 1.21 bits per heavy atom. The minimum absolute atomic E-state index is 0.416. The van der Waals surface area contributed by atoms with Gasteiger partial charge >= 0.3 is 5.97 Å². The lowest BCUT2D eigenvalue weighted by atomic mass is 10.1. The molecule has 0 heterocycles. The van der Waals surface area contributed by atoms with Crippen LogP contribution in [0.2, 0.25) is 0 Å². The Balaban J connectivity index is 2.38. The maximum atomic E-state index is 11.7. The van der Waals surface area contributed by atoms with Crippen molar-refractivity contribution in [2.45, 2.75) is 0 Å². The molecule has 2 aromatic carbocycles. The van der Waals surface area contributed by atoms with Crippen LogP contribution < -0.4 is 11.1 Å². The highest BCUT2D eigenvalue weighted by Gasteiger charge is 2.14. The molecule has 0 fully saturated rings. The van der Waals surface area contributed by atoms with Gasteiger partial charge in [0.05, 0.1) is 24.0 Å². The van der Waals surface area contributed by atoms with Gasteiger partial charge in [0.15, 0.2) is 0 Å². The molecule has 0 amide bonds. The van der Waals surface area contributed by atoms with Crippen LogP contribution in [0.3, 0.4) is 0 Å². The number of benzene rings is 2. The number of nitrogen functional groups attached to an aromatic ring is 1. The van der Waals surface area contributed by atoms with Gasteiger partial charge in [-0.1, -0.05) is 6.07 Å². The molecule has 2 aromatic rings. The fraction of sp³-hybridized carbons (Fsp3) is 0.0714. The monoisotopic (exact) mass is 368 g/mol. The SMILES string of the molecule is COC(=O)c1cccc(N)c1Nc1ccc(I)cc1. The first-order valence-electron chi connectivity index (χ1n) is 5.61. The summed E-state index contributed by atoms with van der Waals surface area (Å²) in [6.45, 7) is 0. The van der Waals surface area contributed by atoms with Gasteiger partial charge in [-0.15, -0.1) is 0 Å². The number of rotatable bonds is 3. The number of methoxy groups -OCH3 is 1. The predicted octanol–water partition coefficient (Wildman–Crippen LogP) is 3.40. The van der Waals surface area contributed by atoms with Crippen LogP contribution in [0.1, 0.15) is 10.4 Å². The number of nitrogens with one attached hydrogen (secondary N) is 1. The van der Waals surface area contributed by atoms with E-state index in [1.807, 2.05) is 24.3 Å². The molecule has 0 aliphatic heterocycles. The smallest absolute Gasteiger partial charge is 0.340 e. The maximum absolute atomic E-state index is 11.7. The second-order valence-electron chi connectivity index (χ2n) is 3.89. The largest absolute Gasteiger partial charge is 0.465 e. The van der Waals surface area contributed by atoms with E-state index in [-0.39, 0.29) is 0 Å².